The second-order valence-corrected chi connectivity index (χ2v) is 7.11. The fraction of sp³-hybridized carbons (Fsp3) is 0.429. The van der Waals surface area contributed by atoms with Gasteiger partial charge in [-0.05, 0) is 42.5 Å². The van der Waals surface area contributed by atoms with Gasteiger partial charge in [0.15, 0.2) is 0 Å². The molecule has 4 nitrogen and oxygen atoms in total. The zero-order chi connectivity index (χ0) is 17.8. The van der Waals surface area contributed by atoms with Crippen LogP contribution in [-0.2, 0) is 0 Å². The van der Waals surface area contributed by atoms with E-state index in [4.69, 9.17) is 0 Å². The number of benzene rings is 1. The van der Waals surface area contributed by atoms with Crippen molar-refractivity contribution in [2.75, 3.05) is 0 Å². The Labute approximate surface area is 149 Å². The lowest BCUT2D eigenvalue weighted by atomic mass is 9.95. The quantitative estimate of drug-likeness (QED) is 0.892. The van der Waals surface area contributed by atoms with E-state index in [0.717, 1.165) is 31.4 Å². The van der Waals surface area contributed by atoms with E-state index in [9.17, 15) is 10.1 Å². The predicted molar refractivity (Wildman–Crippen MR) is 98.9 cm³/mol. The zero-order valence-electron chi connectivity index (χ0n) is 15.0. The van der Waals surface area contributed by atoms with E-state index in [-0.39, 0.29) is 11.9 Å². The first-order chi connectivity index (χ1) is 12.1. The Morgan fingerprint density at radius 3 is 2.44 bits per heavy atom. The Kier molecular flexibility index (Phi) is 5.23. The highest BCUT2D eigenvalue weighted by molar-refractivity contribution is 5.96. The van der Waals surface area contributed by atoms with Crippen LogP contribution in [0.25, 0.3) is 5.69 Å². The number of hydrogen-bond acceptors (Lipinski definition) is 2. The second-order valence-electron chi connectivity index (χ2n) is 7.11. The molecule has 0 unspecified atom stereocenters. The van der Waals surface area contributed by atoms with Crippen molar-refractivity contribution in [3.63, 3.8) is 0 Å². The third-order valence-electron chi connectivity index (χ3n) is 5.00. The Hall–Kier alpha value is -2.54. The fourth-order valence-corrected chi connectivity index (χ4v) is 3.49. The zero-order valence-corrected chi connectivity index (χ0v) is 15.0. The van der Waals surface area contributed by atoms with E-state index >= 15 is 0 Å². The molecule has 4 heteroatoms. The van der Waals surface area contributed by atoms with Gasteiger partial charge in [0, 0.05) is 17.9 Å². The van der Waals surface area contributed by atoms with Crippen LogP contribution in [0.2, 0.25) is 0 Å². The first-order valence-electron chi connectivity index (χ1n) is 9.13. The van der Waals surface area contributed by atoms with Gasteiger partial charge in [-0.3, -0.25) is 4.79 Å². The summed E-state index contributed by atoms with van der Waals surface area (Å²) in [5.41, 5.74) is 3.01. The number of aromatic nitrogens is 1. The van der Waals surface area contributed by atoms with Gasteiger partial charge in [0.25, 0.3) is 5.91 Å². The summed E-state index contributed by atoms with van der Waals surface area (Å²) in [6, 6.07) is 12.3. The van der Waals surface area contributed by atoms with Gasteiger partial charge in [-0.1, -0.05) is 45.2 Å². The van der Waals surface area contributed by atoms with Crippen molar-refractivity contribution in [3.8, 4) is 11.8 Å². The van der Waals surface area contributed by atoms with Crippen LogP contribution in [0.4, 0.5) is 0 Å². The molecule has 25 heavy (non-hydrogen) atoms. The number of nitriles is 1. The summed E-state index contributed by atoms with van der Waals surface area (Å²) in [6.07, 6.45) is 7.42. The minimum Gasteiger partial charge on any atom is -0.348 e. The molecule has 0 radical (unpaired) electrons. The molecular formula is C21H25N3O. The standard InChI is InChI=1S/C21H25N3O/c1-15(2)16-8-10-19(11-9-16)24-13-12-17(14-22)20(24)21(25)23-18-6-4-3-5-7-18/h8-13,15,18H,3-7H2,1-2H3,(H,23,25). The van der Waals surface area contributed by atoms with Gasteiger partial charge >= 0.3 is 0 Å². The molecule has 1 aromatic carbocycles. The van der Waals surface area contributed by atoms with Crippen molar-refractivity contribution >= 4 is 5.91 Å². The van der Waals surface area contributed by atoms with Crippen molar-refractivity contribution in [2.24, 2.45) is 0 Å². The maximum atomic E-state index is 12.8. The highest BCUT2D eigenvalue weighted by Gasteiger charge is 2.22. The van der Waals surface area contributed by atoms with Gasteiger partial charge in [0.1, 0.15) is 11.8 Å². The van der Waals surface area contributed by atoms with E-state index in [1.54, 1.807) is 12.3 Å². The maximum Gasteiger partial charge on any atom is 0.269 e. The molecule has 0 atom stereocenters. The van der Waals surface area contributed by atoms with Crippen molar-refractivity contribution in [1.29, 1.82) is 5.26 Å². The minimum atomic E-state index is -0.151. The van der Waals surface area contributed by atoms with E-state index in [0.29, 0.717) is 17.2 Å². The predicted octanol–water partition coefficient (Wildman–Crippen LogP) is 4.53. The molecule has 130 valence electrons. The molecule has 1 aromatic heterocycles. The Bertz CT molecular complexity index is 774. The number of amides is 1. The first-order valence-corrected chi connectivity index (χ1v) is 9.13. The van der Waals surface area contributed by atoms with Crippen LogP contribution in [0.3, 0.4) is 0 Å². The average Bonchev–Trinajstić information content (AvgIpc) is 3.07. The lowest BCUT2D eigenvalue weighted by Gasteiger charge is -2.23. The first kappa shape index (κ1) is 17.3. The molecule has 1 aliphatic carbocycles. The van der Waals surface area contributed by atoms with E-state index < -0.39 is 0 Å². The third-order valence-corrected chi connectivity index (χ3v) is 5.00. The summed E-state index contributed by atoms with van der Waals surface area (Å²) in [7, 11) is 0. The Balaban J connectivity index is 1.89. The van der Waals surface area contributed by atoms with Gasteiger partial charge in [0.05, 0.1) is 5.56 Å². The van der Waals surface area contributed by atoms with Crippen LogP contribution in [0.1, 0.15) is 73.5 Å². The summed E-state index contributed by atoms with van der Waals surface area (Å²) in [4.78, 5) is 12.8. The number of nitrogens with one attached hydrogen (secondary N) is 1. The van der Waals surface area contributed by atoms with Gasteiger partial charge in [0.2, 0.25) is 0 Å². The summed E-state index contributed by atoms with van der Waals surface area (Å²) >= 11 is 0. The monoisotopic (exact) mass is 335 g/mol. The molecule has 3 rings (SSSR count). The van der Waals surface area contributed by atoms with Crippen LogP contribution < -0.4 is 5.32 Å². The molecule has 1 aliphatic rings. The second kappa shape index (κ2) is 7.57. The molecular weight excluding hydrogens is 310 g/mol. The van der Waals surface area contributed by atoms with Gasteiger partial charge < -0.3 is 9.88 Å². The van der Waals surface area contributed by atoms with E-state index in [1.165, 1.54) is 12.0 Å². The normalized spacial score (nSPS) is 15.1. The van der Waals surface area contributed by atoms with Gasteiger partial charge in [-0.15, -0.1) is 0 Å². The topological polar surface area (TPSA) is 57.8 Å². The van der Waals surface area contributed by atoms with Crippen molar-refractivity contribution in [2.45, 2.75) is 57.9 Å². The molecule has 0 saturated heterocycles. The molecule has 1 saturated carbocycles. The molecule has 0 bridgehead atoms. The highest BCUT2D eigenvalue weighted by atomic mass is 16.2. The number of carbonyl (C=O) groups excluding carboxylic acids is 1. The highest BCUT2D eigenvalue weighted by Crippen LogP contribution is 2.22. The Morgan fingerprint density at radius 1 is 1.16 bits per heavy atom. The third kappa shape index (κ3) is 3.76. The van der Waals surface area contributed by atoms with E-state index in [1.807, 2.05) is 16.7 Å². The molecule has 2 aromatic rings. The fourth-order valence-electron chi connectivity index (χ4n) is 3.49. The molecule has 1 heterocycles. The Morgan fingerprint density at radius 2 is 1.84 bits per heavy atom. The number of hydrogen-bond donors (Lipinski definition) is 1. The van der Waals surface area contributed by atoms with Gasteiger partial charge in [-0.2, -0.15) is 5.26 Å². The number of rotatable bonds is 4. The smallest absolute Gasteiger partial charge is 0.269 e. The van der Waals surface area contributed by atoms with Crippen LogP contribution in [0.15, 0.2) is 36.5 Å². The summed E-state index contributed by atoms with van der Waals surface area (Å²) in [5.74, 6) is 0.309. The summed E-state index contributed by atoms with van der Waals surface area (Å²) in [5, 5.41) is 12.5. The number of nitrogens with zero attached hydrogens (tertiary/aromatic N) is 2. The van der Waals surface area contributed by atoms with Crippen LogP contribution in [0, 0.1) is 11.3 Å². The minimum absolute atomic E-state index is 0.151. The lowest BCUT2D eigenvalue weighted by molar-refractivity contribution is 0.0920. The summed E-state index contributed by atoms with van der Waals surface area (Å²) in [6.45, 7) is 4.31. The molecule has 0 aliphatic heterocycles. The molecule has 0 spiro atoms. The molecule has 1 amide bonds. The van der Waals surface area contributed by atoms with E-state index in [2.05, 4.69) is 37.4 Å². The SMILES string of the molecule is CC(C)c1ccc(-n2ccc(C#N)c2C(=O)NC2CCCCC2)cc1. The maximum absolute atomic E-state index is 12.8. The number of carbonyl (C=O) groups is 1. The van der Waals surface area contributed by atoms with Crippen molar-refractivity contribution < 1.29 is 4.79 Å². The van der Waals surface area contributed by atoms with Crippen LogP contribution in [0.5, 0.6) is 0 Å². The molecule has 1 fully saturated rings. The van der Waals surface area contributed by atoms with Crippen LogP contribution >= 0.6 is 0 Å². The van der Waals surface area contributed by atoms with Crippen molar-refractivity contribution in [1.82, 2.24) is 9.88 Å². The molecule has 1 N–H and O–H groups in total. The summed E-state index contributed by atoms with van der Waals surface area (Å²) < 4.78 is 1.82. The van der Waals surface area contributed by atoms with Crippen molar-refractivity contribution in [3.05, 3.63) is 53.3 Å². The van der Waals surface area contributed by atoms with Crippen LogP contribution in [-0.4, -0.2) is 16.5 Å². The van der Waals surface area contributed by atoms with Gasteiger partial charge in [-0.25, -0.2) is 0 Å². The largest absolute Gasteiger partial charge is 0.348 e. The average molecular weight is 335 g/mol. The lowest BCUT2D eigenvalue weighted by Crippen LogP contribution is -2.37.